The normalized spacial score (nSPS) is 11.9. The second-order valence-corrected chi connectivity index (χ2v) is 6.13. The molecule has 0 atom stereocenters. The summed E-state index contributed by atoms with van der Waals surface area (Å²) in [4.78, 5) is 4.20. The van der Waals surface area contributed by atoms with Crippen molar-refractivity contribution < 1.29 is 12.9 Å². The summed E-state index contributed by atoms with van der Waals surface area (Å²) in [5, 5.41) is 3.70. The molecule has 2 rings (SSSR count). The SMILES string of the molecule is Cc1nc(CCNS(=O)(=O)c2cc(CN)n(C)c2)no1. The summed E-state index contributed by atoms with van der Waals surface area (Å²) < 4.78 is 33.2. The molecule has 0 aromatic carbocycles. The standard InChI is InChI=1S/C11H17N5O3S/c1-8-14-11(15-19-8)3-4-13-20(17,18)10-5-9(6-12)16(2)7-10/h5,7,13H,3-4,6,12H2,1-2H3. The van der Waals surface area contributed by atoms with Gasteiger partial charge in [0.15, 0.2) is 5.82 Å². The molecule has 0 aliphatic carbocycles. The van der Waals surface area contributed by atoms with Crippen molar-refractivity contribution in [1.29, 1.82) is 0 Å². The van der Waals surface area contributed by atoms with Crippen LogP contribution in [0.25, 0.3) is 0 Å². The summed E-state index contributed by atoms with van der Waals surface area (Å²) in [7, 11) is -1.79. The van der Waals surface area contributed by atoms with Crippen LogP contribution in [0, 0.1) is 6.92 Å². The summed E-state index contributed by atoms with van der Waals surface area (Å²) in [5.41, 5.74) is 6.27. The Morgan fingerprint density at radius 1 is 1.50 bits per heavy atom. The Kier molecular flexibility index (Phi) is 4.21. The zero-order chi connectivity index (χ0) is 14.8. The number of nitrogens with two attached hydrogens (primary N) is 1. The van der Waals surface area contributed by atoms with E-state index < -0.39 is 10.0 Å². The molecule has 0 radical (unpaired) electrons. The molecule has 2 aromatic rings. The van der Waals surface area contributed by atoms with Crippen LogP contribution in [0.5, 0.6) is 0 Å². The van der Waals surface area contributed by atoms with Gasteiger partial charge in [-0.05, 0) is 6.07 Å². The Hall–Kier alpha value is -1.71. The lowest BCUT2D eigenvalue weighted by Gasteiger charge is -2.02. The summed E-state index contributed by atoms with van der Waals surface area (Å²) in [6.45, 7) is 2.17. The van der Waals surface area contributed by atoms with Gasteiger partial charge >= 0.3 is 0 Å². The van der Waals surface area contributed by atoms with E-state index in [0.717, 1.165) is 5.69 Å². The lowest BCUT2D eigenvalue weighted by atomic mass is 10.4. The highest BCUT2D eigenvalue weighted by molar-refractivity contribution is 7.89. The minimum absolute atomic E-state index is 0.199. The van der Waals surface area contributed by atoms with Crippen molar-refractivity contribution in [2.75, 3.05) is 6.54 Å². The van der Waals surface area contributed by atoms with Gasteiger partial charge in [0.1, 0.15) is 0 Å². The predicted molar refractivity (Wildman–Crippen MR) is 71.2 cm³/mol. The van der Waals surface area contributed by atoms with E-state index in [2.05, 4.69) is 14.9 Å². The van der Waals surface area contributed by atoms with Crippen LogP contribution in [-0.2, 0) is 30.0 Å². The molecule has 8 nitrogen and oxygen atoms in total. The van der Waals surface area contributed by atoms with Gasteiger partial charge in [0.25, 0.3) is 0 Å². The zero-order valence-corrected chi connectivity index (χ0v) is 12.1. The van der Waals surface area contributed by atoms with Crippen molar-refractivity contribution in [3.8, 4) is 0 Å². The molecule has 9 heteroatoms. The average molecular weight is 299 g/mol. The fraction of sp³-hybridized carbons (Fsp3) is 0.455. The first kappa shape index (κ1) is 14.7. The number of rotatable bonds is 6. The van der Waals surface area contributed by atoms with E-state index in [0.29, 0.717) is 18.1 Å². The molecule has 2 aromatic heterocycles. The van der Waals surface area contributed by atoms with Crippen molar-refractivity contribution >= 4 is 10.0 Å². The Morgan fingerprint density at radius 3 is 2.80 bits per heavy atom. The molecule has 0 spiro atoms. The van der Waals surface area contributed by atoms with E-state index in [1.165, 1.54) is 6.20 Å². The maximum atomic E-state index is 12.1. The molecule has 110 valence electrons. The van der Waals surface area contributed by atoms with E-state index in [1.807, 2.05) is 0 Å². The highest BCUT2D eigenvalue weighted by Crippen LogP contribution is 2.12. The Balaban J connectivity index is 2.00. The lowest BCUT2D eigenvalue weighted by Crippen LogP contribution is -2.26. The first-order valence-electron chi connectivity index (χ1n) is 6.06. The van der Waals surface area contributed by atoms with Gasteiger partial charge in [0.2, 0.25) is 15.9 Å². The number of hydrogen-bond donors (Lipinski definition) is 2. The smallest absolute Gasteiger partial charge is 0.242 e. The van der Waals surface area contributed by atoms with Crippen LogP contribution in [0.2, 0.25) is 0 Å². The maximum Gasteiger partial charge on any atom is 0.242 e. The highest BCUT2D eigenvalue weighted by Gasteiger charge is 2.17. The van der Waals surface area contributed by atoms with Crippen molar-refractivity contribution in [2.24, 2.45) is 12.8 Å². The number of aryl methyl sites for hydroxylation is 2. The molecule has 0 unspecified atom stereocenters. The number of aromatic nitrogens is 3. The first-order chi connectivity index (χ1) is 9.42. The van der Waals surface area contributed by atoms with Crippen LogP contribution in [0.3, 0.4) is 0 Å². The summed E-state index contributed by atoms with van der Waals surface area (Å²) in [6, 6.07) is 1.56. The first-order valence-corrected chi connectivity index (χ1v) is 7.55. The van der Waals surface area contributed by atoms with Crippen LogP contribution in [0.15, 0.2) is 21.7 Å². The van der Waals surface area contributed by atoms with E-state index in [-0.39, 0.29) is 18.0 Å². The third-order valence-electron chi connectivity index (χ3n) is 2.81. The monoisotopic (exact) mass is 299 g/mol. The van der Waals surface area contributed by atoms with Crippen LogP contribution < -0.4 is 10.5 Å². The molecule has 0 fully saturated rings. The van der Waals surface area contributed by atoms with E-state index in [1.54, 1.807) is 24.6 Å². The molecular weight excluding hydrogens is 282 g/mol. The van der Waals surface area contributed by atoms with Gasteiger partial charge in [-0.25, -0.2) is 13.1 Å². The number of nitrogens with one attached hydrogen (secondary N) is 1. The van der Waals surface area contributed by atoms with Gasteiger partial charge < -0.3 is 14.8 Å². The van der Waals surface area contributed by atoms with Crippen molar-refractivity contribution in [2.45, 2.75) is 24.8 Å². The fourth-order valence-electron chi connectivity index (χ4n) is 1.75. The maximum absolute atomic E-state index is 12.1. The van der Waals surface area contributed by atoms with Crippen molar-refractivity contribution in [3.63, 3.8) is 0 Å². The molecule has 3 N–H and O–H groups in total. The minimum Gasteiger partial charge on any atom is -0.352 e. The second kappa shape index (κ2) is 5.73. The zero-order valence-electron chi connectivity index (χ0n) is 11.3. The van der Waals surface area contributed by atoms with Gasteiger partial charge in [-0.2, -0.15) is 4.98 Å². The second-order valence-electron chi connectivity index (χ2n) is 4.36. The largest absolute Gasteiger partial charge is 0.352 e. The quantitative estimate of drug-likeness (QED) is 0.756. The summed E-state index contributed by atoms with van der Waals surface area (Å²) >= 11 is 0. The van der Waals surface area contributed by atoms with Crippen LogP contribution in [-0.4, -0.2) is 29.7 Å². The average Bonchev–Trinajstić information content (AvgIpc) is 2.95. The molecule has 0 amide bonds. The van der Waals surface area contributed by atoms with Gasteiger partial charge in [-0.3, -0.25) is 0 Å². The molecule has 0 aliphatic rings. The molecule has 0 saturated heterocycles. The van der Waals surface area contributed by atoms with Crippen LogP contribution in [0.4, 0.5) is 0 Å². The van der Waals surface area contributed by atoms with Crippen LogP contribution in [0.1, 0.15) is 17.4 Å². The van der Waals surface area contributed by atoms with Gasteiger partial charge in [-0.15, -0.1) is 0 Å². The van der Waals surface area contributed by atoms with E-state index in [4.69, 9.17) is 10.3 Å². The molecular formula is C11H17N5O3S. The van der Waals surface area contributed by atoms with E-state index >= 15 is 0 Å². The Morgan fingerprint density at radius 2 is 2.25 bits per heavy atom. The highest BCUT2D eigenvalue weighted by atomic mass is 32.2. The summed E-state index contributed by atoms with van der Waals surface area (Å²) in [6.07, 6.45) is 1.90. The minimum atomic E-state index is -3.55. The van der Waals surface area contributed by atoms with Gasteiger partial charge in [0, 0.05) is 45.4 Å². The fourth-order valence-corrected chi connectivity index (χ4v) is 2.88. The molecule has 20 heavy (non-hydrogen) atoms. The molecule has 0 bridgehead atoms. The van der Waals surface area contributed by atoms with Crippen molar-refractivity contribution in [1.82, 2.24) is 19.4 Å². The number of sulfonamides is 1. The van der Waals surface area contributed by atoms with Gasteiger partial charge in [-0.1, -0.05) is 5.16 Å². The predicted octanol–water partition coefficient (Wildman–Crippen LogP) is -0.304. The summed E-state index contributed by atoms with van der Waals surface area (Å²) in [5.74, 6) is 0.930. The third kappa shape index (κ3) is 3.24. The molecule has 0 aliphatic heterocycles. The Labute approximate surface area is 117 Å². The number of hydrogen-bond acceptors (Lipinski definition) is 6. The number of nitrogens with zero attached hydrogens (tertiary/aromatic N) is 3. The molecule has 0 saturated carbocycles. The van der Waals surface area contributed by atoms with Crippen molar-refractivity contribution in [3.05, 3.63) is 29.7 Å². The lowest BCUT2D eigenvalue weighted by molar-refractivity contribution is 0.387. The van der Waals surface area contributed by atoms with Gasteiger partial charge in [0.05, 0.1) is 4.90 Å². The topological polar surface area (TPSA) is 116 Å². The third-order valence-corrected chi connectivity index (χ3v) is 4.24. The molecule has 2 heterocycles. The van der Waals surface area contributed by atoms with Crippen LogP contribution >= 0.6 is 0 Å². The Bertz CT molecular complexity index is 689. The van der Waals surface area contributed by atoms with E-state index in [9.17, 15) is 8.42 Å².